The Morgan fingerprint density at radius 3 is 2.29 bits per heavy atom. The Hall–Kier alpha value is -3.49. The van der Waals surface area contributed by atoms with Gasteiger partial charge in [0.1, 0.15) is 5.82 Å². The van der Waals surface area contributed by atoms with E-state index in [-0.39, 0.29) is 29.3 Å². The summed E-state index contributed by atoms with van der Waals surface area (Å²) in [6, 6.07) is 20.6. The van der Waals surface area contributed by atoms with Gasteiger partial charge in [0.05, 0.1) is 0 Å². The number of nitrogens with zero attached hydrogens (tertiary/aromatic N) is 2. The lowest BCUT2D eigenvalue weighted by atomic mass is 9.89. The molecular weight excluding hydrogens is 501 g/mol. The summed E-state index contributed by atoms with van der Waals surface area (Å²) in [5.74, 6) is -0.698. The SMILES string of the molecule is CSc1ccc(N(CCN2CCC(C(=O)c3ccc(F)cc3)CC2)C(=O)c2cccc(NC(C)=O)c2)cc1. The van der Waals surface area contributed by atoms with Crippen LogP contribution in [0.15, 0.2) is 77.7 Å². The minimum atomic E-state index is -0.347. The molecule has 0 atom stereocenters. The van der Waals surface area contributed by atoms with E-state index in [0.717, 1.165) is 36.5 Å². The van der Waals surface area contributed by atoms with Crippen LogP contribution in [0.2, 0.25) is 0 Å². The van der Waals surface area contributed by atoms with Crippen LogP contribution in [-0.2, 0) is 4.79 Å². The number of nitrogens with one attached hydrogen (secondary N) is 1. The van der Waals surface area contributed by atoms with Crippen LogP contribution in [-0.4, -0.2) is 54.9 Å². The molecule has 8 heteroatoms. The highest BCUT2D eigenvalue weighted by Crippen LogP contribution is 2.25. The molecule has 6 nitrogen and oxygen atoms in total. The molecule has 1 fully saturated rings. The van der Waals surface area contributed by atoms with Gasteiger partial charge in [-0.05, 0) is 98.9 Å². The van der Waals surface area contributed by atoms with Crippen LogP contribution in [0.4, 0.5) is 15.8 Å². The predicted octanol–water partition coefficient (Wildman–Crippen LogP) is 5.75. The van der Waals surface area contributed by atoms with Crippen molar-refractivity contribution in [3.05, 3.63) is 89.7 Å². The smallest absolute Gasteiger partial charge is 0.258 e. The molecule has 0 saturated carbocycles. The Kier molecular flexibility index (Phi) is 9.31. The topological polar surface area (TPSA) is 69.7 Å². The fourth-order valence-electron chi connectivity index (χ4n) is 4.71. The first kappa shape index (κ1) is 27.5. The minimum absolute atomic E-state index is 0.0643. The van der Waals surface area contributed by atoms with Crippen LogP contribution in [0.1, 0.15) is 40.5 Å². The number of amides is 2. The van der Waals surface area contributed by atoms with Crippen molar-refractivity contribution < 1.29 is 18.8 Å². The number of carbonyl (C=O) groups is 3. The van der Waals surface area contributed by atoms with Gasteiger partial charge in [-0.3, -0.25) is 14.4 Å². The molecule has 1 N–H and O–H groups in total. The molecule has 198 valence electrons. The van der Waals surface area contributed by atoms with Gasteiger partial charge in [0.2, 0.25) is 5.91 Å². The number of piperidine rings is 1. The van der Waals surface area contributed by atoms with E-state index in [9.17, 15) is 18.8 Å². The summed E-state index contributed by atoms with van der Waals surface area (Å²) in [6.07, 6.45) is 3.46. The maximum Gasteiger partial charge on any atom is 0.258 e. The van der Waals surface area contributed by atoms with Crippen molar-refractivity contribution in [2.45, 2.75) is 24.7 Å². The number of anilines is 2. The zero-order valence-electron chi connectivity index (χ0n) is 21.7. The van der Waals surface area contributed by atoms with E-state index in [2.05, 4.69) is 10.2 Å². The maximum absolute atomic E-state index is 13.7. The molecule has 0 unspecified atom stereocenters. The highest BCUT2D eigenvalue weighted by Gasteiger charge is 2.27. The van der Waals surface area contributed by atoms with E-state index in [1.807, 2.05) is 30.5 Å². The lowest BCUT2D eigenvalue weighted by Crippen LogP contribution is -2.42. The van der Waals surface area contributed by atoms with Gasteiger partial charge in [0.15, 0.2) is 5.78 Å². The number of halogens is 1. The summed E-state index contributed by atoms with van der Waals surface area (Å²) >= 11 is 1.64. The van der Waals surface area contributed by atoms with E-state index in [0.29, 0.717) is 29.9 Å². The summed E-state index contributed by atoms with van der Waals surface area (Å²) < 4.78 is 13.2. The lowest BCUT2D eigenvalue weighted by molar-refractivity contribution is -0.114. The van der Waals surface area contributed by atoms with Crippen molar-refractivity contribution in [3.8, 4) is 0 Å². The predicted molar refractivity (Wildman–Crippen MR) is 151 cm³/mol. The highest BCUT2D eigenvalue weighted by molar-refractivity contribution is 7.98. The number of hydrogen-bond acceptors (Lipinski definition) is 5. The van der Waals surface area contributed by atoms with Crippen molar-refractivity contribution in [1.29, 1.82) is 0 Å². The Labute approximate surface area is 227 Å². The molecule has 3 aromatic rings. The third kappa shape index (κ3) is 7.08. The van der Waals surface area contributed by atoms with Gasteiger partial charge in [-0.25, -0.2) is 4.39 Å². The molecule has 4 rings (SSSR count). The Morgan fingerprint density at radius 1 is 0.974 bits per heavy atom. The summed E-state index contributed by atoms with van der Waals surface area (Å²) in [5, 5.41) is 2.74. The van der Waals surface area contributed by atoms with E-state index in [4.69, 9.17) is 0 Å². The average Bonchev–Trinajstić information content (AvgIpc) is 2.93. The maximum atomic E-state index is 13.7. The molecule has 0 bridgehead atoms. The van der Waals surface area contributed by atoms with Crippen LogP contribution in [0.3, 0.4) is 0 Å². The molecule has 0 radical (unpaired) electrons. The first-order valence-electron chi connectivity index (χ1n) is 12.7. The first-order valence-corrected chi connectivity index (χ1v) is 13.9. The van der Waals surface area contributed by atoms with Gasteiger partial charge in [-0.2, -0.15) is 0 Å². The van der Waals surface area contributed by atoms with Crippen molar-refractivity contribution in [2.75, 3.05) is 42.7 Å². The number of carbonyl (C=O) groups excluding carboxylic acids is 3. The molecule has 38 heavy (non-hydrogen) atoms. The van der Waals surface area contributed by atoms with Crippen LogP contribution in [0.25, 0.3) is 0 Å². The normalized spacial score (nSPS) is 14.2. The number of Topliss-reactive ketones (excluding diaryl/α,β-unsaturated/α-hetero) is 1. The highest BCUT2D eigenvalue weighted by atomic mass is 32.2. The van der Waals surface area contributed by atoms with Gasteiger partial charge in [-0.15, -0.1) is 11.8 Å². The van der Waals surface area contributed by atoms with Gasteiger partial charge in [0, 0.05) is 53.3 Å². The summed E-state index contributed by atoms with van der Waals surface area (Å²) in [6.45, 7) is 4.09. The van der Waals surface area contributed by atoms with Crippen molar-refractivity contribution >= 4 is 40.7 Å². The second kappa shape index (κ2) is 12.8. The number of hydrogen-bond donors (Lipinski definition) is 1. The quantitative estimate of drug-likeness (QED) is 0.280. The molecule has 1 heterocycles. The lowest BCUT2D eigenvalue weighted by Gasteiger charge is -2.33. The fourth-order valence-corrected chi connectivity index (χ4v) is 5.12. The number of likely N-dealkylation sites (tertiary alicyclic amines) is 1. The summed E-state index contributed by atoms with van der Waals surface area (Å²) in [7, 11) is 0. The zero-order valence-corrected chi connectivity index (χ0v) is 22.5. The van der Waals surface area contributed by atoms with E-state index < -0.39 is 0 Å². The number of benzene rings is 3. The molecule has 0 aliphatic carbocycles. The van der Waals surface area contributed by atoms with Gasteiger partial charge in [0.25, 0.3) is 5.91 Å². The van der Waals surface area contributed by atoms with Crippen LogP contribution in [0, 0.1) is 11.7 Å². The van der Waals surface area contributed by atoms with Gasteiger partial charge in [-0.1, -0.05) is 6.07 Å². The number of thioether (sulfide) groups is 1. The standard InChI is InChI=1S/C30H32FN3O3S/c1-21(35)32-26-5-3-4-24(20-26)30(37)34(27-10-12-28(38-2)13-11-27)19-18-33-16-14-23(15-17-33)29(36)22-6-8-25(31)9-7-22/h3-13,20,23H,14-19H2,1-2H3,(H,32,35). The molecule has 1 aliphatic heterocycles. The first-order chi connectivity index (χ1) is 18.3. The van der Waals surface area contributed by atoms with Crippen molar-refractivity contribution in [3.63, 3.8) is 0 Å². The summed E-state index contributed by atoms with van der Waals surface area (Å²) in [5.41, 5.74) is 2.43. The van der Waals surface area contributed by atoms with Crippen molar-refractivity contribution in [2.24, 2.45) is 5.92 Å². The van der Waals surface area contributed by atoms with Crippen LogP contribution >= 0.6 is 11.8 Å². The van der Waals surface area contributed by atoms with E-state index in [1.165, 1.54) is 19.1 Å². The third-order valence-corrected chi connectivity index (χ3v) is 7.53. The Balaban J connectivity index is 1.43. The molecule has 3 aromatic carbocycles. The van der Waals surface area contributed by atoms with Crippen LogP contribution in [0.5, 0.6) is 0 Å². The Morgan fingerprint density at radius 2 is 1.66 bits per heavy atom. The second-order valence-electron chi connectivity index (χ2n) is 9.40. The average molecular weight is 534 g/mol. The molecule has 0 aromatic heterocycles. The molecule has 1 aliphatic rings. The number of ketones is 1. The van der Waals surface area contributed by atoms with E-state index >= 15 is 0 Å². The van der Waals surface area contributed by atoms with Crippen molar-refractivity contribution in [1.82, 2.24) is 4.90 Å². The Bertz CT molecular complexity index is 1270. The fraction of sp³-hybridized carbons (Fsp3) is 0.300. The molecule has 0 spiro atoms. The molecule has 2 amide bonds. The monoisotopic (exact) mass is 533 g/mol. The second-order valence-corrected chi connectivity index (χ2v) is 10.3. The number of rotatable bonds is 9. The third-order valence-electron chi connectivity index (χ3n) is 6.79. The van der Waals surface area contributed by atoms with Crippen LogP contribution < -0.4 is 10.2 Å². The van der Waals surface area contributed by atoms with Gasteiger partial charge >= 0.3 is 0 Å². The zero-order chi connectivity index (χ0) is 27.1. The molecule has 1 saturated heterocycles. The van der Waals surface area contributed by atoms with E-state index in [1.54, 1.807) is 53.1 Å². The molecular formula is C30H32FN3O3S. The largest absolute Gasteiger partial charge is 0.326 e. The summed E-state index contributed by atoms with van der Waals surface area (Å²) in [4.78, 5) is 43.1. The van der Waals surface area contributed by atoms with Gasteiger partial charge < -0.3 is 15.1 Å². The minimum Gasteiger partial charge on any atom is -0.326 e.